The van der Waals surface area contributed by atoms with Gasteiger partial charge >= 0.3 is 0 Å². The predicted octanol–water partition coefficient (Wildman–Crippen LogP) is 5.72. The van der Waals surface area contributed by atoms with Gasteiger partial charge in [0.05, 0.1) is 0 Å². The van der Waals surface area contributed by atoms with Gasteiger partial charge in [-0.1, -0.05) is 71.5 Å². The van der Waals surface area contributed by atoms with Crippen molar-refractivity contribution in [1.29, 1.82) is 0 Å². The highest BCUT2D eigenvalue weighted by molar-refractivity contribution is 5.86. The van der Waals surface area contributed by atoms with Gasteiger partial charge in [0.2, 0.25) is 0 Å². The van der Waals surface area contributed by atoms with Gasteiger partial charge in [0.15, 0.2) is 0 Å². The zero-order chi connectivity index (χ0) is 11.7. The van der Waals surface area contributed by atoms with Crippen LogP contribution in [0.25, 0.3) is 10.8 Å². The Balaban J connectivity index is 0.00000144. The molecular weight excluding hydrogens is 204 g/mol. The Labute approximate surface area is 106 Å². The lowest BCUT2D eigenvalue weighted by molar-refractivity contribution is 0.862. The molecule has 0 radical (unpaired) electrons. The fourth-order valence-corrected chi connectivity index (χ4v) is 2.18. The van der Waals surface area contributed by atoms with Crippen LogP contribution in [0.1, 0.15) is 58.1 Å². The molecule has 0 nitrogen and oxygen atoms in total. The highest BCUT2D eigenvalue weighted by Gasteiger charge is 2.06. The van der Waals surface area contributed by atoms with Crippen LogP contribution in [0.5, 0.6) is 0 Å². The normalized spacial score (nSPS) is 10.9. The standard InChI is InChI=1S/C16H20.CH4/c1-11(2)14-9-8-13-6-5-7-15(12(3)4)16(13)10-14;/h5-12H,1-4H3;1H4. The van der Waals surface area contributed by atoms with Gasteiger partial charge in [0.25, 0.3) is 0 Å². The van der Waals surface area contributed by atoms with Gasteiger partial charge in [-0.3, -0.25) is 0 Å². The SMILES string of the molecule is C.CC(C)c1ccc2cccc(C(C)C)c2c1. The summed E-state index contributed by atoms with van der Waals surface area (Å²) in [5.41, 5.74) is 2.89. The summed E-state index contributed by atoms with van der Waals surface area (Å²) >= 11 is 0. The Morgan fingerprint density at radius 2 is 1.53 bits per heavy atom. The van der Waals surface area contributed by atoms with Crippen LogP contribution >= 0.6 is 0 Å². The van der Waals surface area contributed by atoms with Gasteiger partial charge in [-0.15, -0.1) is 0 Å². The fourth-order valence-electron chi connectivity index (χ4n) is 2.18. The van der Waals surface area contributed by atoms with Crippen molar-refractivity contribution in [2.45, 2.75) is 47.0 Å². The van der Waals surface area contributed by atoms with Gasteiger partial charge in [-0.05, 0) is 33.7 Å². The lowest BCUT2D eigenvalue weighted by Gasteiger charge is -2.12. The van der Waals surface area contributed by atoms with Crippen molar-refractivity contribution >= 4 is 10.8 Å². The molecule has 0 aliphatic heterocycles. The van der Waals surface area contributed by atoms with E-state index in [4.69, 9.17) is 0 Å². The van der Waals surface area contributed by atoms with Crippen LogP contribution in [-0.2, 0) is 0 Å². The molecule has 0 unspecified atom stereocenters. The molecule has 0 N–H and O–H groups in total. The van der Waals surface area contributed by atoms with Crippen LogP contribution in [0.4, 0.5) is 0 Å². The molecule has 0 saturated carbocycles. The van der Waals surface area contributed by atoms with Gasteiger partial charge in [0.1, 0.15) is 0 Å². The minimum Gasteiger partial charge on any atom is -0.0776 e. The fraction of sp³-hybridized carbons (Fsp3) is 0.412. The van der Waals surface area contributed by atoms with Crippen LogP contribution < -0.4 is 0 Å². The van der Waals surface area contributed by atoms with E-state index in [0.29, 0.717) is 11.8 Å². The number of rotatable bonds is 2. The van der Waals surface area contributed by atoms with Gasteiger partial charge < -0.3 is 0 Å². The molecule has 0 amide bonds. The monoisotopic (exact) mass is 228 g/mol. The highest BCUT2D eigenvalue weighted by atomic mass is 14.1. The van der Waals surface area contributed by atoms with E-state index in [1.165, 1.54) is 21.9 Å². The number of benzene rings is 2. The van der Waals surface area contributed by atoms with Crippen molar-refractivity contribution in [2.75, 3.05) is 0 Å². The van der Waals surface area contributed by atoms with E-state index >= 15 is 0 Å². The third-order valence-corrected chi connectivity index (χ3v) is 3.23. The summed E-state index contributed by atoms with van der Waals surface area (Å²) in [4.78, 5) is 0. The quantitative estimate of drug-likeness (QED) is 0.616. The molecule has 2 aromatic rings. The number of fused-ring (bicyclic) bond motifs is 1. The maximum atomic E-state index is 2.36. The van der Waals surface area contributed by atoms with E-state index in [1.54, 1.807) is 0 Å². The first kappa shape index (κ1) is 13.8. The zero-order valence-corrected chi connectivity index (χ0v) is 10.6. The van der Waals surface area contributed by atoms with Gasteiger partial charge in [-0.2, -0.15) is 0 Å². The molecule has 0 aliphatic rings. The summed E-state index contributed by atoms with van der Waals surface area (Å²) in [7, 11) is 0. The molecule has 0 atom stereocenters. The molecule has 92 valence electrons. The van der Waals surface area contributed by atoms with Gasteiger partial charge in [-0.25, -0.2) is 0 Å². The molecule has 0 bridgehead atoms. The summed E-state index contributed by atoms with van der Waals surface area (Å²) in [5, 5.41) is 2.78. The summed E-state index contributed by atoms with van der Waals surface area (Å²) in [6.45, 7) is 9.02. The molecule has 0 heterocycles. The lowest BCUT2D eigenvalue weighted by atomic mass is 9.92. The third kappa shape index (κ3) is 2.69. The predicted molar refractivity (Wildman–Crippen MR) is 78.9 cm³/mol. The Morgan fingerprint density at radius 1 is 0.824 bits per heavy atom. The maximum Gasteiger partial charge on any atom is -0.0146 e. The Kier molecular flexibility index (Phi) is 4.34. The largest absolute Gasteiger partial charge is 0.0776 e. The van der Waals surface area contributed by atoms with Crippen molar-refractivity contribution in [2.24, 2.45) is 0 Å². The lowest BCUT2D eigenvalue weighted by Crippen LogP contribution is -1.92. The molecule has 0 saturated heterocycles. The average molecular weight is 228 g/mol. The first-order valence-electron chi connectivity index (χ1n) is 6.12. The number of hydrogen-bond acceptors (Lipinski definition) is 0. The second kappa shape index (κ2) is 5.35. The molecule has 0 fully saturated rings. The average Bonchev–Trinajstić information content (AvgIpc) is 2.27. The van der Waals surface area contributed by atoms with Crippen molar-refractivity contribution in [3.8, 4) is 0 Å². The second-order valence-corrected chi connectivity index (χ2v) is 5.14. The van der Waals surface area contributed by atoms with E-state index in [-0.39, 0.29) is 7.43 Å². The molecular formula is C17H24. The van der Waals surface area contributed by atoms with Crippen LogP contribution in [0, 0.1) is 0 Å². The minimum atomic E-state index is 0. The van der Waals surface area contributed by atoms with Crippen molar-refractivity contribution < 1.29 is 0 Å². The second-order valence-electron chi connectivity index (χ2n) is 5.14. The van der Waals surface area contributed by atoms with Crippen molar-refractivity contribution in [1.82, 2.24) is 0 Å². The van der Waals surface area contributed by atoms with E-state index in [9.17, 15) is 0 Å². The van der Waals surface area contributed by atoms with E-state index < -0.39 is 0 Å². The minimum absolute atomic E-state index is 0. The first-order chi connectivity index (χ1) is 7.59. The molecule has 2 rings (SSSR count). The van der Waals surface area contributed by atoms with Crippen LogP contribution in [0.3, 0.4) is 0 Å². The third-order valence-electron chi connectivity index (χ3n) is 3.23. The summed E-state index contributed by atoms with van der Waals surface area (Å²) in [5.74, 6) is 1.19. The van der Waals surface area contributed by atoms with E-state index in [1.807, 2.05) is 0 Å². The molecule has 0 aromatic heterocycles. The molecule has 2 aromatic carbocycles. The highest BCUT2D eigenvalue weighted by Crippen LogP contribution is 2.28. The van der Waals surface area contributed by atoms with E-state index in [2.05, 4.69) is 64.1 Å². The number of hydrogen-bond donors (Lipinski definition) is 0. The zero-order valence-electron chi connectivity index (χ0n) is 10.6. The Hall–Kier alpha value is -1.30. The van der Waals surface area contributed by atoms with Gasteiger partial charge in [0, 0.05) is 0 Å². The summed E-state index contributed by atoms with van der Waals surface area (Å²) in [6, 6.07) is 13.5. The molecule has 0 heteroatoms. The smallest absolute Gasteiger partial charge is 0.0146 e. The Morgan fingerprint density at radius 3 is 2.12 bits per heavy atom. The first-order valence-corrected chi connectivity index (χ1v) is 6.12. The molecule has 0 aliphatic carbocycles. The molecule has 17 heavy (non-hydrogen) atoms. The van der Waals surface area contributed by atoms with Crippen LogP contribution in [0.15, 0.2) is 36.4 Å². The van der Waals surface area contributed by atoms with Crippen molar-refractivity contribution in [3.05, 3.63) is 47.5 Å². The topological polar surface area (TPSA) is 0 Å². The van der Waals surface area contributed by atoms with Crippen LogP contribution in [-0.4, -0.2) is 0 Å². The maximum absolute atomic E-state index is 2.36. The van der Waals surface area contributed by atoms with Crippen molar-refractivity contribution in [3.63, 3.8) is 0 Å². The molecule has 0 spiro atoms. The van der Waals surface area contributed by atoms with Crippen LogP contribution in [0.2, 0.25) is 0 Å². The summed E-state index contributed by atoms with van der Waals surface area (Å²) < 4.78 is 0. The summed E-state index contributed by atoms with van der Waals surface area (Å²) in [6.07, 6.45) is 0. The Bertz CT molecular complexity index is 492. The van der Waals surface area contributed by atoms with E-state index in [0.717, 1.165) is 0 Å².